The van der Waals surface area contributed by atoms with Crippen LogP contribution in [0, 0.1) is 0 Å². The summed E-state index contributed by atoms with van der Waals surface area (Å²) in [6.07, 6.45) is -0.371. The molecule has 18 heavy (non-hydrogen) atoms. The predicted molar refractivity (Wildman–Crippen MR) is 73.2 cm³/mol. The number of rotatable bonds is 8. The van der Waals surface area contributed by atoms with E-state index in [0.717, 1.165) is 11.4 Å². The molecule has 0 radical (unpaired) electrons. The van der Waals surface area contributed by atoms with Gasteiger partial charge in [-0.1, -0.05) is 6.07 Å². The SMILES string of the molecule is CCOc1cccc(NCC(O)COC(C)C)c1. The molecule has 102 valence electrons. The third-order valence-electron chi connectivity index (χ3n) is 2.31. The Morgan fingerprint density at radius 3 is 2.78 bits per heavy atom. The Balaban J connectivity index is 2.35. The van der Waals surface area contributed by atoms with Gasteiger partial charge in [0.2, 0.25) is 0 Å². The molecule has 1 atom stereocenters. The van der Waals surface area contributed by atoms with Crippen LogP contribution in [0.2, 0.25) is 0 Å². The van der Waals surface area contributed by atoms with Gasteiger partial charge in [0.05, 0.1) is 25.4 Å². The number of benzene rings is 1. The van der Waals surface area contributed by atoms with Crippen LogP contribution in [0.3, 0.4) is 0 Å². The first-order chi connectivity index (χ1) is 8.61. The highest BCUT2D eigenvalue weighted by molar-refractivity contribution is 5.48. The van der Waals surface area contributed by atoms with Crippen molar-refractivity contribution in [2.45, 2.75) is 33.0 Å². The number of hydrogen-bond acceptors (Lipinski definition) is 4. The predicted octanol–water partition coefficient (Wildman–Crippen LogP) is 2.28. The second kappa shape index (κ2) is 7.95. The van der Waals surface area contributed by atoms with E-state index in [1.54, 1.807) is 0 Å². The average Bonchev–Trinajstić information content (AvgIpc) is 2.35. The first-order valence-corrected chi connectivity index (χ1v) is 6.38. The summed E-state index contributed by atoms with van der Waals surface area (Å²) in [4.78, 5) is 0. The minimum atomic E-state index is -0.511. The molecule has 0 bridgehead atoms. The van der Waals surface area contributed by atoms with E-state index in [1.165, 1.54) is 0 Å². The second-order valence-electron chi connectivity index (χ2n) is 4.38. The third-order valence-corrected chi connectivity index (χ3v) is 2.31. The molecule has 1 unspecified atom stereocenters. The van der Waals surface area contributed by atoms with Gasteiger partial charge in [-0.15, -0.1) is 0 Å². The molecule has 0 fully saturated rings. The lowest BCUT2D eigenvalue weighted by molar-refractivity contribution is 0.0112. The lowest BCUT2D eigenvalue weighted by Gasteiger charge is -2.15. The van der Waals surface area contributed by atoms with Crippen molar-refractivity contribution >= 4 is 5.69 Å². The molecule has 0 saturated heterocycles. The van der Waals surface area contributed by atoms with Crippen molar-refractivity contribution in [1.82, 2.24) is 0 Å². The topological polar surface area (TPSA) is 50.7 Å². The van der Waals surface area contributed by atoms with E-state index in [2.05, 4.69) is 5.32 Å². The fourth-order valence-corrected chi connectivity index (χ4v) is 1.46. The summed E-state index contributed by atoms with van der Waals surface area (Å²) in [7, 11) is 0. The van der Waals surface area contributed by atoms with Gasteiger partial charge >= 0.3 is 0 Å². The number of hydrogen-bond donors (Lipinski definition) is 2. The van der Waals surface area contributed by atoms with Crippen LogP contribution in [0.1, 0.15) is 20.8 Å². The summed E-state index contributed by atoms with van der Waals surface area (Å²) in [6, 6.07) is 7.69. The van der Waals surface area contributed by atoms with Crippen LogP contribution in [-0.4, -0.2) is 37.1 Å². The molecule has 0 aromatic heterocycles. The third kappa shape index (κ3) is 5.89. The van der Waals surface area contributed by atoms with E-state index in [4.69, 9.17) is 9.47 Å². The van der Waals surface area contributed by atoms with E-state index in [9.17, 15) is 5.11 Å². The van der Waals surface area contributed by atoms with Crippen LogP contribution in [0.15, 0.2) is 24.3 Å². The van der Waals surface area contributed by atoms with Gasteiger partial charge in [0.25, 0.3) is 0 Å². The van der Waals surface area contributed by atoms with Gasteiger partial charge in [-0.2, -0.15) is 0 Å². The van der Waals surface area contributed by atoms with Crippen LogP contribution in [0.5, 0.6) is 5.75 Å². The quantitative estimate of drug-likeness (QED) is 0.746. The van der Waals surface area contributed by atoms with Gasteiger partial charge < -0.3 is 19.9 Å². The minimum Gasteiger partial charge on any atom is -0.494 e. The van der Waals surface area contributed by atoms with Crippen LogP contribution in [-0.2, 0) is 4.74 Å². The van der Waals surface area contributed by atoms with Crippen molar-refractivity contribution in [3.05, 3.63) is 24.3 Å². The minimum absolute atomic E-state index is 0.140. The van der Waals surface area contributed by atoms with Gasteiger partial charge in [-0.25, -0.2) is 0 Å². The zero-order valence-electron chi connectivity index (χ0n) is 11.3. The zero-order chi connectivity index (χ0) is 13.4. The summed E-state index contributed by atoms with van der Waals surface area (Å²) in [5, 5.41) is 12.9. The molecule has 0 aliphatic heterocycles. The lowest BCUT2D eigenvalue weighted by Crippen LogP contribution is -2.26. The van der Waals surface area contributed by atoms with E-state index < -0.39 is 6.10 Å². The summed E-state index contributed by atoms with van der Waals surface area (Å²) >= 11 is 0. The Bertz CT molecular complexity index is 342. The van der Waals surface area contributed by atoms with Crippen LogP contribution in [0.4, 0.5) is 5.69 Å². The molecule has 0 spiro atoms. The monoisotopic (exact) mass is 253 g/mol. The van der Waals surface area contributed by atoms with Gasteiger partial charge in [0.15, 0.2) is 0 Å². The van der Waals surface area contributed by atoms with E-state index >= 15 is 0 Å². The number of ether oxygens (including phenoxy) is 2. The first kappa shape index (κ1) is 14.8. The molecular formula is C14H23NO3. The van der Waals surface area contributed by atoms with Crippen LogP contribution in [0.25, 0.3) is 0 Å². The van der Waals surface area contributed by atoms with Gasteiger partial charge in [0.1, 0.15) is 5.75 Å². The van der Waals surface area contributed by atoms with Gasteiger partial charge in [-0.05, 0) is 32.9 Å². The molecule has 1 rings (SSSR count). The van der Waals surface area contributed by atoms with E-state index in [-0.39, 0.29) is 6.10 Å². The van der Waals surface area contributed by atoms with Gasteiger partial charge in [0, 0.05) is 18.3 Å². The molecule has 4 nitrogen and oxygen atoms in total. The van der Waals surface area contributed by atoms with E-state index in [0.29, 0.717) is 19.8 Å². The highest BCUT2D eigenvalue weighted by atomic mass is 16.5. The van der Waals surface area contributed by atoms with Crippen molar-refractivity contribution in [2.24, 2.45) is 0 Å². The fourth-order valence-electron chi connectivity index (χ4n) is 1.46. The summed E-state index contributed by atoms with van der Waals surface area (Å²) in [5.74, 6) is 0.829. The number of nitrogens with one attached hydrogen (secondary N) is 1. The Kier molecular flexibility index (Phi) is 6.54. The van der Waals surface area contributed by atoms with Crippen molar-refractivity contribution in [3.8, 4) is 5.75 Å². The second-order valence-corrected chi connectivity index (χ2v) is 4.38. The maximum Gasteiger partial charge on any atom is 0.121 e. The van der Waals surface area contributed by atoms with Crippen LogP contribution >= 0.6 is 0 Å². The summed E-state index contributed by atoms with van der Waals surface area (Å²) < 4.78 is 10.7. The molecule has 0 heterocycles. The summed E-state index contributed by atoms with van der Waals surface area (Å²) in [5.41, 5.74) is 0.935. The van der Waals surface area contributed by atoms with Crippen molar-refractivity contribution in [1.29, 1.82) is 0 Å². The maximum atomic E-state index is 9.71. The molecule has 4 heteroatoms. The van der Waals surface area contributed by atoms with Crippen LogP contribution < -0.4 is 10.1 Å². The molecule has 1 aromatic rings. The van der Waals surface area contributed by atoms with Crippen molar-refractivity contribution in [3.63, 3.8) is 0 Å². The number of anilines is 1. The molecule has 0 aliphatic carbocycles. The molecule has 0 aliphatic rings. The number of aliphatic hydroxyl groups is 1. The largest absolute Gasteiger partial charge is 0.494 e. The standard InChI is InChI=1S/C14H23NO3/c1-4-17-14-7-5-6-12(8-14)15-9-13(16)10-18-11(2)3/h5-8,11,13,15-16H,4,9-10H2,1-3H3. The fraction of sp³-hybridized carbons (Fsp3) is 0.571. The van der Waals surface area contributed by atoms with Gasteiger partial charge in [-0.3, -0.25) is 0 Å². The molecule has 0 saturated carbocycles. The highest BCUT2D eigenvalue weighted by Crippen LogP contribution is 2.17. The molecule has 1 aromatic carbocycles. The van der Waals surface area contributed by atoms with Crippen molar-refractivity contribution in [2.75, 3.05) is 25.1 Å². The highest BCUT2D eigenvalue weighted by Gasteiger charge is 2.05. The first-order valence-electron chi connectivity index (χ1n) is 6.38. The molecule has 0 amide bonds. The lowest BCUT2D eigenvalue weighted by atomic mass is 10.3. The Morgan fingerprint density at radius 1 is 1.33 bits per heavy atom. The Hall–Kier alpha value is -1.26. The maximum absolute atomic E-state index is 9.71. The normalized spacial score (nSPS) is 12.5. The molecule has 2 N–H and O–H groups in total. The Morgan fingerprint density at radius 2 is 2.11 bits per heavy atom. The molecular weight excluding hydrogens is 230 g/mol. The van der Waals surface area contributed by atoms with Crippen molar-refractivity contribution < 1.29 is 14.6 Å². The smallest absolute Gasteiger partial charge is 0.121 e. The Labute approximate surface area is 109 Å². The summed E-state index contributed by atoms with van der Waals surface area (Å²) in [6.45, 7) is 7.30. The van der Waals surface area contributed by atoms with E-state index in [1.807, 2.05) is 45.0 Å². The number of aliphatic hydroxyl groups excluding tert-OH is 1. The average molecular weight is 253 g/mol. The zero-order valence-corrected chi connectivity index (χ0v) is 11.3.